The van der Waals surface area contributed by atoms with Gasteiger partial charge in [-0.1, -0.05) is 12.1 Å². The first-order valence-corrected chi connectivity index (χ1v) is 8.26. The second kappa shape index (κ2) is 6.16. The van der Waals surface area contributed by atoms with E-state index in [0.717, 1.165) is 5.56 Å². The minimum absolute atomic E-state index is 0.214. The summed E-state index contributed by atoms with van der Waals surface area (Å²) in [6.07, 6.45) is 2.26. The lowest BCUT2D eigenvalue weighted by molar-refractivity contribution is -0.117. The van der Waals surface area contributed by atoms with E-state index in [9.17, 15) is 18.0 Å². The molecular formula is C19H16F3N3O. The first-order chi connectivity index (χ1) is 12.5. The number of aryl methyl sites for hydroxylation is 1. The molecule has 3 aromatic rings. The Labute approximate surface area is 147 Å². The van der Waals surface area contributed by atoms with Crippen LogP contribution in [0.4, 0.5) is 19.0 Å². The number of nitrogens with zero attached hydrogens (tertiary/aromatic N) is 2. The Hall–Kier alpha value is -2.83. The van der Waals surface area contributed by atoms with Crippen molar-refractivity contribution in [3.63, 3.8) is 0 Å². The van der Waals surface area contributed by atoms with Gasteiger partial charge in [0.1, 0.15) is 24.3 Å². The third-order valence-corrected chi connectivity index (χ3v) is 4.58. The number of anilines is 1. The van der Waals surface area contributed by atoms with Crippen LogP contribution in [0, 0.1) is 18.7 Å². The molecule has 1 aromatic carbocycles. The predicted molar refractivity (Wildman–Crippen MR) is 91.8 cm³/mol. The van der Waals surface area contributed by atoms with Gasteiger partial charge in [-0.2, -0.15) is 0 Å². The van der Waals surface area contributed by atoms with Crippen molar-refractivity contribution < 1.29 is 18.0 Å². The molecule has 1 aliphatic carbocycles. The summed E-state index contributed by atoms with van der Waals surface area (Å²) in [6.45, 7) is 0.991. The summed E-state index contributed by atoms with van der Waals surface area (Å²) in [5.74, 6) is -1.26. The highest BCUT2D eigenvalue weighted by Gasteiger charge is 2.43. The van der Waals surface area contributed by atoms with Crippen LogP contribution in [0.15, 0.2) is 36.7 Å². The van der Waals surface area contributed by atoms with Crippen molar-refractivity contribution in [3.8, 4) is 11.1 Å². The van der Waals surface area contributed by atoms with Crippen molar-refractivity contribution in [2.24, 2.45) is 5.92 Å². The molecule has 1 N–H and O–H groups in total. The van der Waals surface area contributed by atoms with Crippen LogP contribution >= 0.6 is 0 Å². The molecule has 1 amide bonds. The van der Waals surface area contributed by atoms with E-state index in [4.69, 9.17) is 0 Å². The number of benzene rings is 1. The third kappa shape index (κ3) is 2.83. The molecule has 0 aliphatic heterocycles. The molecule has 0 spiro atoms. The van der Waals surface area contributed by atoms with Gasteiger partial charge in [0, 0.05) is 22.9 Å². The molecule has 2 unspecified atom stereocenters. The fourth-order valence-electron chi connectivity index (χ4n) is 3.12. The second-order valence-electron chi connectivity index (χ2n) is 6.52. The molecule has 4 nitrogen and oxygen atoms in total. The molecule has 1 aliphatic rings. The second-order valence-corrected chi connectivity index (χ2v) is 6.52. The van der Waals surface area contributed by atoms with Crippen LogP contribution in [0.2, 0.25) is 0 Å². The number of aromatic nitrogens is 2. The van der Waals surface area contributed by atoms with Crippen molar-refractivity contribution in [3.05, 3.63) is 53.6 Å². The van der Waals surface area contributed by atoms with E-state index in [0.29, 0.717) is 16.8 Å². The van der Waals surface area contributed by atoms with Crippen molar-refractivity contribution in [1.82, 2.24) is 9.38 Å². The molecule has 7 heteroatoms. The van der Waals surface area contributed by atoms with Gasteiger partial charge in [0.2, 0.25) is 5.91 Å². The van der Waals surface area contributed by atoms with Gasteiger partial charge in [-0.15, -0.1) is 0 Å². The van der Waals surface area contributed by atoms with Crippen molar-refractivity contribution >= 4 is 17.4 Å². The fourth-order valence-corrected chi connectivity index (χ4v) is 3.12. The lowest BCUT2D eigenvalue weighted by Crippen LogP contribution is -2.15. The van der Waals surface area contributed by atoms with E-state index in [-0.39, 0.29) is 17.8 Å². The molecule has 2 aromatic heterocycles. The number of carbonyl (C=O) groups is 1. The first kappa shape index (κ1) is 16.6. The standard InChI is InChI=1S/C19H16F3N3O/c1-10-3-2-4-14(21)17(10)12-5-11(7-20)18-23-16(9-25(18)8-12)24-19(26)13-6-15(13)22/h2-5,8-9,13,15H,6-7H2,1H3,(H,24,26). The Morgan fingerprint density at radius 3 is 2.81 bits per heavy atom. The number of halogens is 3. The molecule has 0 saturated heterocycles. The Balaban J connectivity index is 1.76. The maximum atomic E-state index is 14.3. The molecule has 0 radical (unpaired) electrons. The number of amides is 1. The molecule has 2 heterocycles. The van der Waals surface area contributed by atoms with Gasteiger partial charge >= 0.3 is 0 Å². The topological polar surface area (TPSA) is 46.4 Å². The average molecular weight is 359 g/mol. The lowest BCUT2D eigenvalue weighted by atomic mass is 10.0. The smallest absolute Gasteiger partial charge is 0.231 e. The van der Waals surface area contributed by atoms with Crippen LogP contribution in [0.3, 0.4) is 0 Å². The zero-order valence-corrected chi connectivity index (χ0v) is 14.0. The summed E-state index contributed by atoms with van der Waals surface area (Å²) in [5, 5.41) is 2.55. The molecule has 4 rings (SSSR count). The van der Waals surface area contributed by atoms with Crippen LogP contribution in [0.1, 0.15) is 17.5 Å². The van der Waals surface area contributed by atoms with E-state index in [1.807, 2.05) is 0 Å². The predicted octanol–water partition coefficient (Wildman–Crippen LogP) is 4.21. The summed E-state index contributed by atoms with van der Waals surface area (Å²) < 4.78 is 42.3. The normalized spacial score (nSPS) is 18.9. The van der Waals surface area contributed by atoms with Crippen LogP contribution in [0.25, 0.3) is 16.8 Å². The number of carbonyl (C=O) groups excluding carboxylic acids is 1. The summed E-state index contributed by atoms with van der Waals surface area (Å²) >= 11 is 0. The number of hydrogen-bond acceptors (Lipinski definition) is 2. The Morgan fingerprint density at radius 1 is 1.38 bits per heavy atom. The summed E-state index contributed by atoms with van der Waals surface area (Å²) in [5.41, 5.74) is 2.24. The van der Waals surface area contributed by atoms with Gasteiger partial charge < -0.3 is 9.72 Å². The van der Waals surface area contributed by atoms with Gasteiger partial charge in [-0.25, -0.2) is 18.2 Å². The van der Waals surface area contributed by atoms with Gasteiger partial charge in [-0.05, 0) is 31.0 Å². The Morgan fingerprint density at radius 2 is 2.15 bits per heavy atom. The van der Waals surface area contributed by atoms with Gasteiger partial charge in [-0.3, -0.25) is 4.79 Å². The fraction of sp³-hybridized carbons (Fsp3) is 0.263. The minimum atomic E-state index is -1.11. The number of imidazole rings is 1. The molecule has 1 fully saturated rings. The Bertz CT molecular complexity index is 994. The molecule has 134 valence electrons. The molecule has 0 bridgehead atoms. The number of fused-ring (bicyclic) bond motifs is 1. The van der Waals surface area contributed by atoms with Gasteiger partial charge in [0.25, 0.3) is 0 Å². The van der Waals surface area contributed by atoms with E-state index < -0.39 is 30.5 Å². The van der Waals surface area contributed by atoms with Crippen LogP contribution in [-0.4, -0.2) is 21.5 Å². The van der Waals surface area contributed by atoms with Gasteiger partial charge in [0.05, 0.1) is 12.1 Å². The zero-order valence-electron chi connectivity index (χ0n) is 14.0. The summed E-state index contributed by atoms with van der Waals surface area (Å²) in [6, 6.07) is 6.30. The molecule has 1 saturated carbocycles. The van der Waals surface area contributed by atoms with E-state index in [2.05, 4.69) is 10.3 Å². The Kier molecular flexibility index (Phi) is 3.94. The third-order valence-electron chi connectivity index (χ3n) is 4.58. The summed E-state index contributed by atoms with van der Waals surface area (Å²) in [7, 11) is 0. The molecule has 26 heavy (non-hydrogen) atoms. The monoisotopic (exact) mass is 359 g/mol. The number of nitrogens with one attached hydrogen (secondary N) is 1. The molecule has 2 atom stereocenters. The first-order valence-electron chi connectivity index (χ1n) is 8.26. The van der Waals surface area contributed by atoms with E-state index in [1.165, 1.54) is 12.3 Å². The van der Waals surface area contributed by atoms with E-state index in [1.54, 1.807) is 35.7 Å². The number of alkyl halides is 2. The van der Waals surface area contributed by atoms with E-state index >= 15 is 0 Å². The number of hydrogen-bond donors (Lipinski definition) is 1. The number of rotatable bonds is 4. The van der Waals surface area contributed by atoms with Crippen molar-refractivity contribution in [2.75, 3.05) is 5.32 Å². The minimum Gasteiger partial charge on any atom is -0.309 e. The zero-order chi connectivity index (χ0) is 18.4. The lowest BCUT2D eigenvalue weighted by Gasteiger charge is -2.10. The highest BCUT2D eigenvalue weighted by atomic mass is 19.1. The quantitative estimate of drug-likeness (QED) is 0.758. The van der Waals surface area contributed by atoms with Crippen LogP contribution in [0.5, 0.6) is 0 Å². The maximum absolute atomic E-state index is 14.3. The van der Waals surface area contributed by atoms with Gasteiger partial charge in [0.15, 0.2) is 5.82 Å². The number of pyridine rings is 1. The largest absolute Gasteiger partial charge is 0.309 e. The van der Waals surface area contributed by atoms with Crippen molar-refractivity contribution in [2.45, 2.75) is 26.2 Å². The van der Waals surface area contributed by atoms with Crippen molar-refractivity contribution in [1.29, 1.82) is 0 Å². The van der Waals surface area contributed by atoms with Crippen LogP contribution < -0.4 is 5.32 Å². The molecular weight excluding hydrogens is 343 g/mol. The average Bonchev–Trinajstić information content (AvgIpc) is 3.19. The summed E-state index contributed by atoms with van der Waals surface area (Å²) in [4.78, 5) is 16.1. The maximum Gasteiger partial charge on any atom is 0.231 e. The highest BCUT2D eigenvalue weighted by molar-refractivity contribution is 5.94. The highest BCUT2D eigenvalue weighted by Crippen LogP contribution is 2.35. The SMILES string of the molecule is Cc1cccc(F)c1-c1cc(CF)c2nc(NC(=O)C3CC3F)cn2c1. The van der Waals surface area contributed by atoms with Crippen LogP contribution in [-0.2, 0) is 11.5 Å².